The van der Waals surface area contributed by atoms with E-state index in [1.807, 2.05) is 0 Å². The average molecular weight is 365 g/mol. The third kappa shape index (κ3) is 2.47. The molecule has 4 rings (SSSR count). The molecule has 124 valence electrons. The van der Waals surface area contributed by atoms with E-state index in [1.54, 1.807) is 31.3 Å². The number of hydrogen-bond donors (Lipinski definition) is 1. The number of halogens is 1. The summed E-state index contributed by atoms with van der Waals surface area (Å²) in [4.78, 5) is 4.28. The van der Waals surface area contributed by atoms with Crippen molar-refractivity contribution in [1.82, 2.24) is 14.6 Å². The third-order valence-electron chi connectivity index (χ3n) is 3.72. The Balaban J connectivity index is 1.82. The molecule has 3 aromatic rings. The maximum absolute atomic E-state index is 12.9. The predicted molar refractivity (Wildman–Crippen MR) is 89.2 cm³/mol. The summed E-state index contributed by atoms with van der Waals surface area (Å²) in [5, 5.41) is 4.53. The molecule has 0 bridgehead atoms. The van der Waals surface area contributed by atoms with E-state index in [0.717, 1.165) is 5.56 Å². The Morgan fingerprint density at radius 1 is 1.38 bits per heavy atom. The fourth-order valence-electron chi connectivity index (χ4n) is 2.73. The first kappa shape index (κ1) is 15.2. The van der Waals surface area contributed by atoms with Crippen LogP contribution in [0.4, 0.5) is 5.69 Å². The summed E-state index contributed by atoms with van der Waals surface area (Å²) in [5.74, 6) is 0.908. The van der Waals surface area contributed by atoms with Crippen molar-refractivity contribution >= 4 is 33.0 Å². The Morgan fingerprint density at radius 2 is 2.21 bits per heavy atom. The fourth-order valence-corrected chi connectivity index (χ4v) is 4.31. The van der Waals surface area contributed by atoms with E-state index >= 15 is 0 Å². The van der Waals surface area contributed by atoms with Crippen LogP contribution >= 0.6 is 11.6 Å². The second-order valence-corrected chi connectivity index (χ2v) is 7.53. The maximum Gasteiger partial charge on any atom is 0.265 e. The zero-order chi connectivity index (χ0) is 16.9. The number of nitrogens with zero attached hydrogens (tertiary/aromatic N) is 3. The molecule has 1 aliphatic rings. The summed E-state index contributed by atoms with van der Waals surface area (Å²) in [5.41, 5.74) is 1.56. The van der Waals surface area contributed by atoms with Crippen LogP contribution in [0.5, 0.6) is 5.75 Å². The normalized spacial score (nSPS) is 13.8. The number of benzene rings is 1. The van der Waals surface area contributed by atoms with Gasteiger partial charge in [0.2, 0.25) is 0 Å². The Morgan fingerprint density at radius 3 is 3.04 bits per heavy atom. The predicted octanol–water partition coefficient (Wildman–Crippen LogP) is 2.43. The number of hydrogen-bond acceptors (Lipinski definition) is 5. The number of aryl methyl sites for hydroxylation is 1. The standard InChI is InChI=1S/C15H13ClN4O3S/c1-9-17-15-12(3-2-5-20(15)18-9)19-24(21,22)13-8-11(16)7-10-4-6-23-14(10)13/h2-3,5,7-8,19H,4,6H2,1H3. The molecule has 24 heavy (non-hydrogen) atoms. The molecular formula is C15H13ClN4O3S. The number of pyridine rings is 1. The van der Waals surface area contributed by atoms with Crippen molar-refractivity contribution in [2.75, 3.05) is 11.3 Å². The molecule has 9 heteroatoms. The summed E-state index contributed by atoms with van der Waals surface area (Å²) in [6.45, 7) is 2.18. The lowest BCUT2D eigenvalue weighted by Gasteiger charge is -2.12. The summed E-state index contributed by atoms with van der Waals surface area (Å²) in [6, 6.07) is 6.44. The molecule has 0 radical (unpaired) electrons. The molecule has 0 spiro atoms. The van der Waals surface area contributed by atoms with E-state index in [2.05, 4.69) is 14.8 Å². The van der Waals surface area contributed by atoms with Crippen molar-refractivity contribution in [3.8, 4) is 5.75 Å². The molecule has 1 aromatic carbocycles. The number of sulfonamides is 1. The van der Waals surface area contributed by atoms with Gasteiger partial charge in [-0.25, -0.2) is 17.9 Å². The molecule has 1 aliphatic heterocycles. The van der Waals surface area contributed by atoms with Gasteiger partial charge >= 0.3 is 0 Å². The first-order chi connectivity index (χ1) is 11.4. The van der Waals surface area contributed by atoms with Gasteiger partial charge in [-0.05, 0) is 31.2 Å². The van der Waals surface area contributed by atoms with Gasteiger partial charge in [0.05, 0.1) is 12.3 Å². The summed E-state index contributed by atoms with van der Waals surface area (Å²) in [7, 11) is -3.88. The summed E-state index contributed by atoms with van der Waals surface area (Å²) in [6.07, 6.45) is 2.34. The number of rotatable bonds is 3. The maximum atomic E-state index is 12.9. The number of ether oxygens (including phenoxy) is 1. The molecular weight excluding hydrogens is 352 g/mol. The fraction of sp³-hybridized carbons (Fsp3) is 0.200. The highest BCUT2D eigenvalue weighted by atomic mass is 35.5. The van der Waals surface area contributed by atoms with Gasteiger partial charge in [-0.2, -0.15) is 5.10 Å². The van der Waals surface area contributed by atoms with Crippen molar-refractivity contribution in [3.05, 3.63) is 46.9 Å². The Kier molecular flexibility index (Phi) is 3.40. The highest BCUT2D eigenvalue weighted by molar-refractivity contribution is 7.92. The minimum absolute atomic E-state index is 0.0285. The molecule has 7 nitrogen and oxygen atoms in total. The number of nitrogens with one attached hydrogen (secondary N) is 1. The SMILES string of the molecule is Cc1nc2c(NS(=O)(=O)c3cc(Cl)cc4c3OCC4)cccn2n1. The lowest BCUT2D eigenvalue weighted by molar-refractivity contribution is 0.348. The van der Waals surface area contributed by atoms with Gasteiger partial charge in [-0.15, -0.1) is 0 Å². The highest BCUT2D eigenvalue weighted by Gasteiger charge is 2.27. The van der Waals surface area contributed by atoms with E-state index in [0.29, 0.717) is 41.0 Å². The molecule has 0 saturated carbocycles. The van der Waals surface area contributed by atoms with Crippen LogP contribution < -0.4 is 9.46 Å². The first-order valence-corrected chi connectivity index (χ1v) is 9.10. The second kappa shape index (κ2) is 5.35. The molecule has 0 saturated heterocycles. The topological polar surface area (TPSA) is 85.6 Å². The van der Waals surface area contributed by atoms with Gasteiger partial charge in [0.25, 0.3) is 10.0 Å². The molecule has 3 heterocycles. The third-order valence-corrected chi connectivity index (χ3v) is 5.31. The van der Waals surface area contributed by atoms with Gasteiger partial charge in [0.15, 0.2) is 5.65 Å². The Hall–Kier alpha value is -2.32. The Labute approximate surface area is 143 Å². The van der Waals surface area contributed by atoms with Crippen LogP contribution in [0.15, 0.2) is 35.4 Å². The number of aromatic nitrogens is 3. The first-order valence-electron chi connectivity index (χ1n) is 7.24. The quantitative estimate of drug-likeness (QED) is 0.771. The smallest absolute Gasteiger partial charge is 0.265 e. The van der Waals surface area contributed by atoms with Gasteiger partial charge in [-0.1, -0.05) is 11.6 Å². The van der Waals surface area contributed by atoms with E-state index in [1.165, 1.54) is 10.6 Å². The van der Waals surface area contributed by atoms with E-state index in [-0.39, 0.29) is 4.90 Å². The Bertz CT molecular complexity index is 1060. The van der Waals surface area contributed by atoms with Crippen molar-refractivity contribution in [3.63, 3.8) is 0 Å². The van der Waals surface area contributed by atoms with Crippen LogP contribution in [0.3, 0.4) is 0 Å². The van der Waals surface area contributed by atoms with Crippen LogP contribution in [0.1, 0.15) is 11.4 Å². The minimum Gasteiger partial charge on any atom is -0.492 e. The van der Waals surface area contributed by atoms with Gasteiger partial charge in [0.1, 0.15) is 16.5 Å². The summed E-state index contributed by atoms with van der Waals surface area (Å²) < 4.78 is 35.3. The molecule has 1 N–H and O–H groups in total. The molecule has 0 aliphatic carbocycles. The molecule has 0 unspecified atom stereocenters. The van der Waals surface area contributed by atoms with Crippen molar-refractivity contribution < 1.29 is 13.2 Å². The summed E-state index contributed by atoms with van der Waals surface area (Å²) >= 11 is 6.06. The molecule has 0 fully saturated rings. The van der Waals surface area contributed by atoms with Crippen LogP contribution in [-0.4, -0.2) is 29.6 Å². The molecule has 2 aromatic heterocycles. The largest absolute Gasteiger partial charge is 0.492 e. The van der Waals surface area contributed by atoms with Gasteiger partial charge < -0.3 is 4.74 Å². The highest BCUT2D eigenvalue weighted by Crippen LogP contribution is 2.36. The lowest BCUT2D eigenvalue weighted by Crippen LogP contribution is -2.15. The zero-order valence-electron chi connectivity index (χ0n) is 12.7. The average Bonchev–Trinajstić information content (AvgIpc) is 3.11. The van der Waals surface area contributed by atoms with Crippen molar-refractivity contribution in [1.29, 1.82) is 0 Å². The monoisotopic (exact) mass is 364 g/mol. The number of anilines is 1. The van der Waals surface area contributed by atoms with E-state index in [9.17, 15) is 8.42 Å². The van der Waals surface area contributed by atoms with Crippen LogP contribution in [-0.2, 0) is 16.4 Å². The van der Waals surface area contributed by atoms with E-state index in [4.69, 9.17) is 16.3 Å². The zero-order valence-corrected chi connectivity index (χ0v) is 14.2. The van der Waals surface area contributed by atoms with Crippen LogP contribution in [0, 0.1) is 6.92 Å². The molecule has 0 atom stereocenters. The van der Waals surface area contributed by atoms with Crippen LogP contribution in [0.2, 0.25) is 5.02 Å². The lowest BCUT2D eigenvalue weighted by atomic mass is 10.2. The van der Waals surface area contributed by atoms with Crippen LogP contribution in [0.25, 0.3) is 5.65 Å². The van der Waals surface area contributed by atoms with Gasteiger partial charge in [-0.3, -0.25) is 4.72 Å². The van der Waals surface area contributed by atoms with Crippen molar-refractivity contribution in [2.45, 2.75) is 18.2 Å². The van der Waals surface area contributed by atoms with Crippen molar-refractivity contribution in [2.24, 2.45) is 0 Å². The minimum atomic E-state index is -3.88. The number of fused-ring (bicyclic) bond motifs is 2. The second-order valence-electron chi connectivity index (χ2n) is 5.45. The van der Waals surface area contributed by atoms with E-state index < -0.39 is 10.0 Å². The molecule has 0 amide bonds. The van der Waals surface area contributed by atoms with Gasteiger partial charge in [0, 0.05) is 23.2 Å².